The van der Waals surface area contributed by atoms with Crippen LogP contribution in [0.25, 0.3) is 32.9 Å². The summed E-state index contributed by atoms with van der Waals surface area (Å²) < 4.78 is 5.24. The van der Waals surface area contributed by atoms with Crippen LogP contribution in [0.15, 0.2) is 72.8 Å². The van der Waals surface area contributed by atoms with Crippen molar-refractivity contribution in [2.24, 2.45) is 5.73 Å². The third-order valence-corrected chi connectivity index (χ3v) is 4.69. The van der Waals surface area contributed by atoms with Crippen molar-refractivity contribution < 1.29 is 14.3 Å². The van der Waals surface area contributed by atoms with Crippen molar-refractivity contribution in [2.45, 2.75) is 13.0 Å². The van der Waals surface area contributed by atoms with Crippen LogP contribution in [0, 0.1) is 0 Å². The van der Waals surface area contributed by atoms with E-state index in [4.69, 9.17) is 15.5 Å². The highest BCUT2D eigenvalue weighted by molar-refractivity contribution is 6.06. The quantitative estimate of drug-likeness (QED) is 0.549. The van der Waals surface area contributed by atoms with Gasteiger partial charge in [-0.15, -0.1) is 0 Å². The van der Waals surface area contributed by atoms with Crippen molar-refractivity contribution in [1.82, 2.24) is 4.98 Å². The molecule has 1 heterocycles. The molecule has 0 aliphatic heterocycles. The van der Waals surface area contributed by atoms with Crippen LogP contribution in [0.4, 0.5) is 0 Å². The molecule has 5 nitrogen and oxygen atoms in total. The topological polar surface area (TPSA) is 82.3 Å². The first-order valence-electron chi connectivity index (χ1n) is 8.93. The van der Waals surface area contributed by atoms with Crippen molar-refractivity contribution in [1.29, 1.82) is 0 Å². The van der Waals surface area contributed by atoms with Gasteiger partial charge in [0, 0.05) is 10.9 Å². The number of para-hydroxylation sites is 1. The van der Waals surface area contributed by atoms with Crippen LogP contribution in [0.2, 0.25) is 0 Å². The molecule has 0 aliphatic rings. The molecule has 138 valence electrons. The van der Waals surface area contributed by atoms with E-state index in [0.29, 0.717) is 22.2 Å². The number of pyridine rings is 1. The molecular weight excluding hydrogens is 352 g/mol. The molecule has 0 bridgehead atoms. The Bertz CT molecular complexity index is 1210. The van der Waals surface area contributed by atoms with Crippen LogP contribution in [-0.4, -0.2) is 23.0 Å². The average molecular weight is 370 g/mol. The number of hydrogen-bond donors (Lipinski definition) is 1. The number of amides is 1. The van der Waals surface area contributed by atoms with Crippen LogP contribution in [0.1, 0.15) is 17.3 Å². The Kier molecular flexibility index (Phi) is 4.49. The second-order valence-corrected chi connectivity index (χ2v) is 6.55. The maximum Gasteiger partial charge on any atom is 0.339 e. The Morgan fingerprint density at radius 2 is 1.61 bits per heavy atom. The Balaban J connectivity index is 1.91. The number of nitrogens with zero attached hydrogens (tertiary/aromatic N) is 1. The van der Waals surface area contributed by atoms with Gasteiger partial charge in [0.1, 0.15) is 0 Å². The molecule has 0 saturated heterocycles. The molecule has 3 aromatic carbocycles. The SMILES string of the molecule is C[C@@H](OC(=O)c1cc(-c2cccc3ccccc23)nc2ccccc12)C(N)=O. The van der Waals surface area contributed by atoms with Crippen molar-refractivity contribution in [3.63, 3.8) is 0 Å². The number of fused-ring (bicyclic) bond motifs is 2. The summed E-state index contributed by atoms with van der Waals surface area (Å²) in [5.74, 6) is -1.30. The predicted molar refractivity (Wildman–Crippen MR) is 109 cm³/mol. The lowest BCUT2D eigenvalue weighted by Crippen LogP contribution is -2.30. The number of rotatable bonds is 4. The summed E-state index contributed by atoms with van der Waals surface area (Å²) in [6.45, 7) is 1.45. The number of carbonyl (C=O) groups is 2. The van der Waals surface area contributed by atoms with Gasteiger partial charge in [-0.2, -0.15) is 0 Å². The Morgan fingerprint density at radius 3 is 2.39 bits per heavy atom. The zero-order chi connectivity index (χ0) is 19.7. The average Bonchev–Trinajstić information content (AvgIpc) is 2.72. The van der Waals surface area contributed by atoms with E-state index in [9.17, 15) is 9.59 Å². The molecule has 4 rings (SSSR count). The van der Waals surface area contributed by atoms with E-state index < -0.39 is 18.0 Å². The lowest BCUT2D eigenvalue weighted by Gasteiger charge is -2.13. The van der Waals surface area contributed by atoms with E-state index in [-0.39, 0.29) is 0 Å². The van der Waals surface area contributed by atoms with Gasteiger partial charge in [0.2, 0.25) is 0 Å². The summed E-state index contributed by atoms with van der Waals surface area (Å²) in [6, 6.07) is 23.0. The molecule has 0 unspecified atom stereocenters. The normalized spacial score (nSPS) is 12.0. The fourth-order valence-corrected chi connectivity index (χ4v) is 3.21. The van der Waals surface area contributed by atoms with Gasteiger partial charge >= 0.3 is 5.97 Å². The van der Waals surface area contributed by atoms with Gasteiger partial charge < -0.3 is 10.5 Å². The van der Waals surface area contributed by atoms with E-state index in [0.717, 1.165) is 16.3 Å². The molecule has 4 aromatic rings. The monoisotopic (exact) mass is 370 g/mol. The highest BCUT2D eigenvalue weighted by Crippen LogP contribution is 2.30. The fourth-order valence-electron chi connectivity index (χ4n) is 3.21. The molecule has 0 saturated carbocycles. The zero-order valence-electron chi connectivity index (χ0n) is 15.3. The van der Waals surface area contributed by atoms with E-state index >= 15 is 0 Å². The molecule has 0 aliphatic carbocycles. The van der Waals surface area contributed by atoms with Crippen molar-refractivity contribution >= 4 is 33.6 Å². The van der Waals surface area contributed by atoms with Crippen molar-refractivity contribution in [3.05, 3.63) is 78.4 Å². The van der Waals surface area contributed by atoms with Crippen LogP contribution >= 0.6 is 0 Å². The Labute approximate surface area is 161 Å². The number of benzene rings is 3. The highest BCUT2D eigenvalue weighted by Gasteiger charge is 2.20. The number of primary amides is 1. The molecular formula is C23H18N2O3. The van der Waals surface area contributed by atoms with E-state index in [1.807, 2.05) is 60.7 Å². The largest absolute Gasteiger partial charge is 0.449 e. The molecule has 2 N–H and O–H groups in total. The minimum Gasteiger partial charge on any atom is -0.449 e. The molecule has 28 heavy (non-hydrogen) atoms. The minimum absolute atomic E-state index is 0.349. The Hall–Kier alpha value is -3.73. The summed E-state index contributed by atoms with van der Waals surface area (Å²) in [6.07, 6.45) is -1.01. The number of hydrogen-bond acceptors (Lipinski definition) is 4. The number of esters is 1. The van der Waals surface area contributed by atoms with Gasteiger partial charge in [-0.3, -0.25) is 4.79 Å². The predicted octanol–water partition coefficient (Wildman–Crippen LogP) is 4.09. The first-order valence-corrected chi connectivity index (χ1v) is 8.93. The number of aromatic nitrogens is 1. The smallest absolute Gasteiger partial charge is 0.339 e. The van der Waals surface area contributed by atoms with Gasteiger partial charge in [0.25, 0.3) is 5.91 Å². The van der Waals surface area contributed by atoms with E-state index in [2.05, 4.69) is 0 Å². The lowest BCUT2D eigenvalue weighted by atomic mass is 9.99. The maximum atomic E-state index is 12.8. The number of nitrogens with two attached hydrogens (primary N) is 1. The van der Waals surface area contributed by atoms with Crippen molar-refractivity contribution in [2.75, 3.05) is 0 Å². The minimum atomic E-state index is -1.01. The lowest BCUT2D eigenvalue weighted by molar-refractivity contribution is -0.125. The first kappa shape index (κ1) is 17.7. The van der Waals surface area contributed by atoms with Gasteiger partial charge in [-0.1, -0.05) is 60.7 Å². The molecule has 1 amide bonds. The summed E-state index contributed by atoms with van der Waals surface area (Å²) in [4.78, 5) is 28.8. The summed E-state index contributed by atoms with van der Waals surface area (Å²) in [5, 5.41) is 2.78. The van der Waals surface area contributed by atoms with Gasteiger partial charge in [0.05, 0.1) is 16.8 Å². The second-order valence-electron chi connectivity index (χ2n) is 6.55. The molecule has 5 heteroatoms. The standard InChI is InChI=1S/C23H18N2O3/c1-14(22(24)26)28-23(27)19-13-21(25-20-12-5-4-10-18(19)20)17-11-6-8-15-7-2-3-9-16(15)17/h2-14H,1H3,(H2,24,26)/t14-/m1/s1. The Morgan fingerprint density at radius 1 is 0.929 bits per heavy atom. The molecule has 1 aromatic heterocycles. The van der Waals surface area contributed by atoms with E-state index in [1.165, 1.54) is 6.92 Å². The summed E-state index contributed by atoms with van der Waals surface area (Å²) in [7, 11) is 0. The third kappa shape index (κ3) is 3.18. The van der Waals surface area contributed by atoms with E-state index in [1.54, 1.807) is 12.1 Å². The van der Waals surface area contributed by atoms with Crippen LogP contribution in [0.5, 0.6) is 0 Å². The van der Waals surface area contributed by atoms with Gasteiger partial charge in [0.15, 0.2) is 6.10 Å². The number of carbonyl (C=O) groups excluding carboxylic acids is 2. The number of ether oxygens (including phenoxy) is 1. The van der Waals surface area contributed by atoms with Crippen LogP contribution in [0.3, 0.4) is 0 Å². The van der Waals surface area contributed by atoms with Gasteiger partial charge in [-0.05, 0) is 29.8 Å². The molecule has 0 radical (unpaired) electrons. The van der Waals surface area contributed by atoms with Gasteiger partial charge in [-0.25, -0.2) is 9.78 Å². The maximum absolute atomic E-state index is 12.8. The zero-order valence-corrected chi connectivity index (χ0v) is 15.3. The second kappa shape index (κ2) is 7.12. The highest BCUT2D eigenvalue weighted by atomic mass is 16.5. The molecule has 0 spiro atoms. The summed E-state index contributed by atoms with van der Waals surface area (Å²) >= 11 is 0. The molecule has 1 atom stereocenters. The third-order valence-electron chi connectivity index (χ3n) is 4.69. The van der Waals surface area contributed by atoms with Crippen LogP contribution < -0.4 is 5.73 Å². The van der Waals surface area contributed by atoms with Crippen molar-refractivity contribution in [3.8, 4) is 11.3 Å². The summed E-state index contributed by atoms with van der Waals surface area (Å²) in [5.41, 5.74) is 7.83. The fraction of sp³-hybridized carbons (Fsp3) is 0.0870. The first-order chi connectivity index (χ1) is 13.5. The van der Waals surface area contributed by atoms with Crippen LogP contribution in [-0.2, 0) is 9.53 Å². The molecule has 0 fully saturated rings.